The SMILES string of the molecule is CN(C)c1ccc(CNNC(=O)[C@@]2(C/C=C/c3ccccc3)N=C(c3ccc(OCCCO)cc3)O[C@H]2c2ccc(Cl)cc2Cl)cc1. The highest BCUT2D eigenvalue weighted by molar-refractivity contribution is 6.35. The zero-order valence-electron chi connectivity index (χ0n) is 26.3. The van der Waals surface area contributed by atoms with Gasteiger partial charge in [0.1, 0.15) is 5.75 Å². The summed E-state index contributed by atoms with van der Waals surface area (Å²) in [5.74, 6) is 0.566. The molecule has 1 aliphatic heterocycles. The first kappa shape index (κ1) is 34.0. The van der Waals surface area contributed by atoms with Crippen LogP contribution >= 0.6 is 23.2 Å². The van der Waals surface area contributed by atoms with Crippen LogP contribution in [-0.4, -0.2) is 49.8 Å². The minimum Gasteiger partial charge on any atom is -0.494 e. The molecule has 4 aromatic carbocycles. The summed E-state index contributed by atoms with van der Waals surface area (Å²) >= 11 is 13.0. The van der Waals surface area contributed by atoms with E-state index in [1.807, 2.05) is 97.9 Å². The summed E-state index contributed by atoms with van der Waals surface area (Å²) in [6, 6.07) is 30.3. The van der Waals surface area contributed by atoms with Gasteiger partial charge in [0.25, 0.3) is 5.91 Å². The number of nitrogens with zero attached hydrogens (tertiary/aromatic N) is 2. The second-order valence-electron chi connectivity index (χ2n) is 11.3. The van der Waals surface area contributed by atoms with Crippen molar-refractivity contribution in [2.45, 2.75) is 31.0 Å². The predicted molar refractivity (Wildman–Crippen MR) is 189 cm³/mol. The summed E-state index contributed by atoms with van der Waals surface area (Å²) in [7, 11) is 3.98. The Balaban J connectivity index is 1.49. The summed E-state index contributed by atoms with van der Waals surface area (Å²) in [5, 5.41) is 9.91. The largest absolute Gasteiger partial charge is 0.494 e. The van der Waals surface area contributed by atoms with E-state index in [2.05, 4.69) is 10.9 Å². The molecule has 0 aromatic heterocycles. The third-order valence-electron chi connectivity index (χ3n) is 7.76. The van der Waals surface area contributed by atoms with Crippen LogP contribution in [-0.2, 0) is 16.1 Å². The molecule has 0 bridgehead atoms. The Labute approximate surface area is 285 Å². The Morgan fingerprint density at radius 3 is 2.45 bits per heavy atom. The number of hydrazine groups is 1. The number of halogens is 2. The molecule has 0 saturated carbocycles. The summed E-state index contributed by atoms with van der Waals surface area (Å²) in [5.41, 5.74) is 8.90. The molecule has 1 heterocycles. The van der Waals surface area contributed by atoms with Crippen molar-refractivity contribution in [3.05, 3.63) is 135 Å². The number of hydrogen-bond acceptors (Lipinski definition) is 7. The topological polar surface area (TPSA) is 95.4 Å². The van der Waals surface area contributed by atoms with E-state index in [0.717, 1.165) is 16.8 Å². The summed E-state index contributed by atoms with van der Waals surface area (Å²) in [4.78, 5) is 21.4. The Morgan fingerprint density at radius 2 is 1.77 bits per heavy atom. The number of benzene rings is 4. The highest BCUT2D eigenvalue weighted by Crippen LogP contribution is 2.45. The fourth-order valence-electron chi connectivity index (χ4n) is 5.19. The lowest BCUT2D eigenvalue weighted by Crippen LogP contribution is -2.52. The van der Waals surface area contributed by atoms with Gasteiger partial charge in [-0.05, 0) is 59.7 Å². The van der Waals surface area contributed by atoms with Gasteiger partial charge >= 0.3 is 0 Å². The maximum absolute atomic E-state index is 14.4. The number of amides is 1. The first-order valence-corrected chi connectivity index (χ1v) is 16.1. The Kier molecular flexibility index (Phi) is 11.6. The van der Waals surface area contributed by atoms with Gasteiger partial charge in [0.05, 0.1) is 6.61 Å². The van der Waals surface area contributed by atoms with Crippen LogP contribution in [0.25, 0.3) is 6.08 Å². The molecular weight excluding hydrogens is 635 g/mol. The van der Waals surface area contributed by atoms with E-state index in [1.165, 1.54) is 0 Å². The van der Waals surface area contributed by atoms with Crippen LogP contribution in [0, 0.1) is 0 Å². The third-order valence-corrected chi connectivity index (χ3v) is 8.32. The number of aliphatic hydroxyl groups excluding tert-OH is 1. The molecule has 8 nitrogen and oxygen atoms in total. The molecule has 47 heavy (non-hydrogen) atoms. The van der Waals surface area contributed by atoms with Gasteiger partial charge in [0.2, 0.25) is 5.90 Å². The quantitative estimate of drug-likeness (QED) is 0.0986. The van der Waals surface area contributed by atoms with Gasteiger partial charge in [-0.3, -0.25) is 10.2 Å². The fourth-order valence-corrected chi connectivity index (χ4v) is 5.70. The molecule has 4 aromatic rings. The van der Waals surface area contributed by atoms with Gasteiger partial charge in [-0.25, -0.2) is 10.4 Å². The number of aliphatic imine (C=N–C) groups is 1. The number of carbonyl (C=O) groups excluding carboxylic acids is 1. The van der Waals surface area contributed by atoms with Gasteiger partial charge in [-0.2, -0.15) is 0 Å². The maximum Gasteiger partial charge on any atom is 0.266 e. The van der Waals surface area contributed by atoms with Gasteiger partial charge in [0, 0.05) is 66.9 Å². The Bertz CT molecular complexity index is 1700. The van der Waals surface area contributed by atoms with Crippen LogP contribution in [0.15, 0.2) is 108 Å². The molecule has 1 amide bonds. The second kappa shape index (κ2) is 16.0. The number of rotatable bonds is 14. The number of anilines is 1. The average molecular weight is 674 g/mol. The van der Waals surface area contributed by atoms with Gasteiger partial charge in [0.15, 0.2) is 11.6 Å². The molecule has 0 aliphatic carbocycles. The van der Waals surface area contributed by atoms with Gasteiger partial charge < -0.3 is 19.5 Å². The van der Waals surface area contributed by atoms with Crippen molar-refractivity contribution < 1.29 is 19.4 Å². The predicted octanol–water partition coefficient (Wildman–Crippen LogP) is 7.00. The lowest BCUT2D eigenvalue weighted by molar-refractivity contribution is -0.129. The van der Waals surface area contributed by atoms with Crippen LogP contribution in [0.1, 0.15) is 41.2 Å². The van der Waals surface area contributed by atoms with Crippen LogP contribution < -0.4 is 20.5 Å². The van der Waals surface area contributed by atoms with Crippen LogP contribution in [0.2, 0.25) is 10.0 Å². The standard InChI is InChI=1S/C37H38Cl2N4O4/c1-43(2)30-16-11-27(12-17-30)25-40-42-36(45)37(21-6-10-26-8-4-3-5-9-26)34(32-20-15-29(38)24-33(32)39)47-35(41-37)28-13-18-31(19-14-28)46-23-7-22-44/h3-6,8-20,24,34,40,44H,7,21-23,25H2,1-2H3,(H,42,45)/b10-6+/t34-,37-/m0/s1. The van der Waals surface area contributed by atoms with Crippen LogP contribution in [0.5, 0.6) is 5.75 Å². The third kappa shape index (κ3) is 8.53. The number of ether oxygens (including phenoxy) is 2. The first-order valence-electron chi connectivity index (χ1n) is 15.4. The summed E-state index contributed by atoms with van der Waals surface area (Å²) in [6.45, 7) is 0.850. The zero-order chi connectivity index (χ0) is 33.2. The monoisotopic (exact) mass is 672 g/mol. The first-order chi connectivity index (χ1) is 22.8. The molecule has 0 fully saturated rings. The summed E-state index contributed by atoms with van der Waals surface area (Å²) in [6.07, 6.45) is 3.76. The van der Waals surface area contributed by atoms with Crippen molar-refractivity contribution in [3.8, 4) is 5.75 Å². The smallest absolute Gasteiger partial charge is 0.266 e. The lowest BCUT2D eigenvalue weighted by atomic mass is 9.84. The number of carbonyl (C=O) groups is 1. The van der Waals surface area contributed by atoms with Crippen molar-refractivity contribution in [1.82, 2.24) is 10.9 Å². The normalized spacial score (nSPS) is 17.3. The minimum atomic E-state index is -1.43. The van der Waals surface area contributed by atoms with Crippen molar-refractivity contribution in [2.75, 3.05) is 32.2 Å². The molecule has 244 valence electrons. The molecule has 1 aliphatic rings. The molecule has 2 atom stereocenters. The fraction of sp³-hybridized carbons (Fsp3) is 0.243. The molecule has 5 rings (SSSR count). The molecule has 0 unspecified atom stereocenters. The van der Waals surface area contributed by atoms with E-state index >= 15 is 0 Å². The van der Waals surface area contributed by atoms with Crippen molar-refractivity contribution in [2.24, 2.45) is 4.99 Å². The second-order valence-corrected chi connectivity index (χ2v) is 12.2. The van der Waals surface area contributed by atoms with E-state index in [1.54, 1.807) is 30.3 Å². The van der Waals surface area contributed by atoms with Gasteiger partial charge in [-0.1, -0.05) is 83.9 Å². The molecular formula is C37H38Cl2N4O4. The van der Waals surface area contributed by atoms with Crippen molar-refractivity contribution in [1.29, 1.82) is 0 Å². The Morgan fingerprint density at radius 1 is 1.02 bits per heavy atom. The number of aliphatic hydroxyl groups is 1. The molecule has 0 saturated heterocycles. The van der Waals surface area contributed by atoms with E-state index < -0.39 is 11.6 Å². The van der Waals surface area contributed by atoms with E-state index in [4.69, 9.17) is 42.8 Å². The van der Waals surface area contributed by atoms with Crippen LogP contribution in [0.3, 0.4) is 0 Å². The average Bonchev–Trinajstić information content (AvgIpc) is 3.46. The van der Waals surface area contributed by atoms with E-state index in [0.29, 0.717) is 52.4 Å². The number of hydrogen-bond donors (Lipinski definition) is 3. The highest BCUT2D eigenvalue weighted by Gasteiger charge is 2.53. The molecule has 0 spiro atoms. The summed E-state index contributed by atoms with van der Waals surface area (Å²) < 4.78 is 12.3. The van der Waals surface area contributed by atoms with Gasteiger partial charge in [-0.15, -0.1) is 0 Å². The van der Waals surface area contributed by atoms with Crippen molar-refractivity contribution in [3.63, 3.8) is 0 Å². The lowest BCUT2D eigenvalue weighted by Gasteiger charge is -2.30. The highest BCUT2D eigenvalue weighted by atomic mass is 35.5. The molecule has 10 heteroatoms. The maximum atomic E-state index is 14.4. The molecule has 3 N–H and O–H groups in total. The minimum absolute atomic E-state index is 0.0534. The van der Waals surface area contributed by atoms with E-state index in [-0.39, 0.29) is 18.9 Å². The van der Waals surface area contributed by atoms with Crippen LogP contribution in [0.4, 0.5) is 5.69 Å². The number of nitrogens with one attached hydrogen (secondary N) is 2. The van der Waals surface area contributed by atoms with Crippen molar-refractivity contribution >= 4 is 46.8 Å². The zero-order valence-corrected chi connectivity index (χ0v) is 27.8. The van der Waals surface area contributed by atoms with E-state index in [9.17, 15) is 4.79 Å². The molecule has 0 radical (unpaired) electrons. The Hall–Kier alpha value is -4.34.